The molecule has 0 saturated carbocycles. The average Bonchev–Trinajstić information content (AvgIpc) is 3.50. The van der Waals surface area contributed by atoms with Crippen LogP contribution in [0.1, 0.15) is 21.5 Å². The van der Waals surface area contributed by atoms with Crippen LogP contribution in [-0.2, 0) is 9.59 Å². The number of carbonyl (C=O) groups excluding carboxylic acids is 3. The van der Waals surface area contributed by atoms with Gasteiger partial charge in [0.2, 0.25) is 5.91 Å². The molecular weight excluding hydrogens is 577 g/mol. The van der Waals surface area contributed by atoms with Gasteiger partial charge in [0.05, 0.1) is 11.4 Å². The van der Waals surface area contributed by atoms with Crippen LogP contribution < -0.4 is 16.0 Å². The van der Waals surface area contributed by atoms with Crippen molar-refractivity contribution in [2.45, 2.75) is 11.8 Å². The summed E-state index contributed by atoms with van der Waals surface area (Å²) >= 11 is 2.76. The Kier molecular flexibility index (Phi) is 9.78. The van der Waals surface area contributed by atoms with Gasteiger partial charge in [0.15, 0.2) is 5.13 Å². The zero-order valence-corrected chi connectivity index (χ0v) is 24.9. The molecule has 1 heterocycles. The van der Waals surface area contributed by atoms with E-state index in [4.69, 9.17) is 0 Å². The van der Waals surface area contributed by atoms with Gasteiger partial charge in [-0.25, -0.2) is 4.98 Å². The van der Waals surface area contributed by atoms with Gasteiger partial charge in [-0.3, -0.25) is 14.4 Å². The normalized spacial score (nSPS) is 11.0. The molecular formula is C34H28N4O3S2. The Morgan fingerprint density at radius 3 is 2.21 bits per heavy atom. The largest absolute Gasteiger partial charge is 0.321 e. The van der Waals surface area contributed by atoms with E-state index >= 15 is 0 Å². The van der Waals surface area contributed by atoms with E-state index in [1.54, 1.807) is 42.5 Å². The number of hydrogen-bond donors (Lipinski definition) is 3. The predicted octanol–water partition coefficient (Wildman–Crippen LogP) is 7.26. The Hall–Kier alpha value is -4.99. The third kappa shape index (κ3) is 8.28. The zero-order valence-electron chi connectivity index (χ0n) is 23.2. The van der Waals surface area contributed by atoms with Gasteiger partial charge in [0, 0.05) is 27.1 Å². The number of carbonyl (C=O) groups is 3. The van der Waals surface area contributed by atoms with Crippen LogP contribution in [0.5, 0.6) is 0 Å². The monoisotopic (exact) mass is 604 g/mol. The molecule has 0 atom stereocenters. The van der Waals surface area contributed by atoms with Crippen molar-refractivity contribution >= 4 is 57.7 Å². The highest BCUT2D eigenvalue weighted by Gasteiger charge is 2.16. The lowest BCUT2D eigenvalue weighted by atomic mass is 10.1. The van der Waals surface area contributed by atoms with Crippen LogP contribution in [0.3, 0.4) is 0 Å². The van der Waals surface area contributed by atoms with E-state index in [0.29, 0.717) is 16.4 Å². The SMILES string of the molecule is Cc1ccccc1/C=C(\NC(=O)c1ccccc1)C(=O)Nc1ccc(SCC(=O)Nc2nc(-c3ccccc3)cs2)cc1. The minimum atomic E-state index is -0.453. The van der Waals surface area contributed by atoms with Crippen LogP contribution in [0.2, 0.25) is 0 Å². The first-order valence-electron chi connectivity index (χ1n) is 13.4. The first kappa shape index (κ1) is 29.5. The number of anilines is 2. The summed E-state index contributed by atoms with van der Waals surface area (Å²) in [5, 5.41) is 10.9. The standard InChI is InChI=1S/C34H28N4O3S2/c1-23-10-8-9-15-26(23)20-29(36-32(40)25-13-6-3-7-14-25)33(41)35-27-16-18-28(19-17-27)42-22-31(39)38-34-37-30(21-43-34)24-11-4-2-5-12-24/h2-21H,22H2,1H3,(H,35,41)(H,36,40)(H,37,38,39)/b29-20-. The summed E-state index contributed by atoms with van der Waals surface area (Å²) in [7, 11) is 0. The average molecular weight is 605 g/mol. The lowest BCUT2D eigenvalue weighted by Crippen LogP contribution is -2.30. The molecule has 5 rings (SSSR count). The van der Waals surface area contributed by atoms with Crippen LogP contribution in [0.25, 0.3) is 17.3 Å². The van der Waals surface area contributed by atoms with E-state index in [-0.39, 0.29) is 23.3 Å². The summed E-state index contributed by atoms with van der Waals surface area (Å²) in [4.78, 5) is 44.1. The van der Waals surface area contributed by atoms with Crippen molar-refractivity contribution in [3.05, 3.63) is 137 Å². The lowest BCUT2D eigenvalue weighted by Gasteiger charge is -2.12. The number of aromatic nitrogens is 1. The fourth-order valence-electron chi connectivity index (χ4n) is 4.06. The minimum absolute atomic E-state index is 0.121. The molecule has 1 aromatic heterocycles. The maximum Gasteiger partial charge on any atom is 0.272 e. The van der Waals surface area contributed by atoms with Gasteiger partial charge in [-0.05, 0) is 60.5 Å². The second-order valence-corrected chi connectivity index (χ2v) is 11.4. The molecule has 3 amide bonds. The number of nitrogens with one attached hydrogen (secondary N) is 3. The van der Waals surface area contributed by atoms with Crippen LogP contribution in [-0.4, -0.2) is 28.5 Å². The molecule has 3 N–H and O–H groups in total. The molecule has 0 fully saturated rings. The van der Waals surface area contributed by atoms with E-state index in [2.05, 4.69) is 20.9 Å². The molecule has 4 aromatic carbocycles. The summed E-state index contributed by atoms with van der Waals surface area (Å²) < 4.78 is 0. The maximum atomic E-state index is 13.3. The second-order valence-electron chi connectivity index (χ2n) is 9.45. The summed E-state index contributed by atoms with van der Waals surface area (Å²) in [6.45, 7) is 1.94. The first-order valence-corrected chi connectivity index (χ1v) is 15.3. The van der Waals surface area contributed by atoms with Crippen molar-refractivity contribution in [3.8, 4) is 11.3 Å². The molecule has 0 unspecified atom stereocenters. The van der Waals surface area contributed by atoms with E-state index in [1.807, 2.05) is 85.1 Å². The molecule has 214 valence electrons. The van der Waals surface area contributed by atoms with Crippen LogP contribution in [0, 0.1) is 6.92 Å². The van der Waals surface area contributed by atoms with Gasteiger partial charge in [0.1, 0.15) is 5.70 Å². The van der Waals surface area contributed by atoms with E-state index in [9.17, 15) is 14.4 Å². The van der Waals surface area contributed by atoms with Crippen LogP contribution >= 0.6 is 23.1 Å². The minimum Gasteiger partial charge on any atom is -0.321 e. The predicted molar refractivity (Wildman–Crippen MR) is 175 cm³/mol. The quantitative estimate of drug-likeness (QED) is 0.115. The molecule has 0 bridgehead atoms. The number of aryl methyl sites for hydroxylation is 1. The summed E-state index contributed by atoms with van der Waals surface area (Å²) in [5.41, 5.74) is 4.73. The highest BCUT2D eigenvalue weighted by molar-refractivity contribution is 8.00. The summed E-state index contributed by atoms with van der Waals surface area (Å²) in [5.74, 6) is -0.780. The van der Waals surface area contributed by atoms with Crippen molar-refractivity contribution in [2.75, 3.05) is 16.4 Å². The van der Waals surface area contributed by atoms with Gasteiger partial charge < -0.3 is 16.0 Å². The van der Waals surface area contributed by atoms with Crippen molar-refractivity contribution < 1.29 is 14.4 Å². The fraction of sp³-hybridized carbons (Fsp3) is 0.0588. The molecule has 0 aliphatic rings. The van der Waals surface area contributed by atoms with E-state index in [1.165, 1.54) is 23.1 Å². The van der Waals surface area contributed by atoms with Gasteiger partial charge in [-0.15, -0.1) is 23.1 Å². The van der Waals surface area contributed by atoms with Crippen molar-refractivity contribution in [1.82, 2.24) is 10.3 Å². The summed E-state index contributed by atoms with van der Waals surface area (Å²) in [6, 6.07) is 33.3. The molecule has 9 heteroatoms. The Bertz CT molecular complexity index is 1750. The Morgan fingerprint density at radius 2 is 1.49 bits per heavy atom. The molecule has 0 radical (unpaired) electrons. The second kappa shape index (κ2) is 14.3. The number of thiazole rings is 1. The Morgan fingerprint density at radius 1 is 0.814 bits per heavy atom. The maximum absolute atomic E-state index is 13.3. The van der Waals surface area contributed by atoms with E-state index in [0.717, 1.165) is 27.3 Å². The third-order valence-electron chi connectivity index (χ3n) is 6.32. The van der Waals surface area contributed by atoms with Crippen molar-refractivity contribution in [1.29, 1.82) is 0 Å². The highest BCUT2D eigenvalue weighted by Crippen LogP contribution is 2.26. The molecule has 0 spiro atoms. The molecule has 5 aromatic rings. The number of thioether (sulfide) groups is 1. The highest BCUT2D eigenvalue weighted by atomic mass is 32.2. The molecule has 0 aliphatic heterocycles. The Labute approximate surface area is 258 Å². The van der Waals surface area contributed by atoms with Gasteiger partial charge >= 0.3 is 0 Å². The molecule has 43 heavy (non-hydrogen) atoms. The van der Waals surface area contributed by atoms with E-state index < -0.39 is 5.91 Å². The fourth-order valence-corrected chi connectivity index (χ4v) is 5.49. The molecule has 0 aliphatic carbocycles. The van der Waals surface area contributed by atoms with Crippen molar-refractivity contribution in [2.24, 2.45) is 0 Å². The number of amides is 3. The van der Waals surface area contributed by atoms with Gasteiger partial charge in [0.25, 0.3) is 11.8 Å². The van der Waals surface area contributed by atoms with Crippen molar-refractivity contribution in [3.63, 3.8) is 0 Å². The number of benzene rings is 4. The van der Waals surface area contributed by atoms with Crippen LogP contribution in [0.15, 0.2) is 125 Å². The topological polar surface area (TPSA) is 100 Å². The Balaban J connectivity index is 1.19. The molecule has 7 nitrogen and oxygen atoms in total. The molecule has 0 saturated heterocycles. The first-order chi connectivity index (χ1) is 20.9. The lowest BCUT2D eigenvalue weighted by molar-refractivity contribution is -0.114. The zero-order chi connectivity index (χ0) is 30.0. The van der Waals surface area contributed by atoms with Gasteiger partial charge in [-0.1, -0.05) is 72.8 Å². The number of nitrogens with zero attached hydrogens (tertiary/aromatic N) is 1. The van der Waals surface area contributed by atoms with Crippen LogP contribution in [0.4, 0.5) is 10.8 Å². The van der Waals surface area contributed by atoms with Gasteiger partial charge in [-0.2, -0.15) is 0 Å². The number of rotatable bonds is 10. The summed E-state index contributed by atoms with van der Waals surface area (Å²) in [6.07, 6.45) is 1.67. The smallest absolute Gasteiger partial charge is 0.272 e. The third-order valence-corrected chi connectivity index (χ3v) is 8.09. The number of hydrogen-bond acceptors (Lipinski definition) is 6.